The van der Waals surface area contributed by atoms with Gasteiger partial charge >= 0.3 is 12.2 Å². The standard InChI is InChI=1S/C22H21FN8O4/c1-30(22(33)35-3)16-17(24)26-18(27-19(16)28-21(32)34-2)15-13-8-6-10-25-20(13)31(29-15)11-12-7-4-5-9-14(12)23/h4-10H,11H2,1-3H3,(H3,24,26,27,28,32). The maximum atomic E-state index is 14.3. The van der Waals surface area contributed by atoms with Crippen molar-refractivity contribution in [3.05, 3.63) is 54.0 Å². The predicted octanol–water partition coefficient (Wildman–Crippen LogP) is 3.04. The van der Waals surface area contributed by atoms with Gasteiger partial charge < -0.3 is 15.2 Å². The van der Waals surface area contributed by atoms with Gasteiger partial charge in [-0.15, -0.1) is 0 Å². The van der Waals surface area contributed by atoms with Crippen molar-refractivity contribution in [2.24, 2.45) is 0 Å². The summed E-state index contributed by atoms with van der Waals surface area (Å²) in [5.41, 5.74) is 7.34. The first-order valence-electron chi connectivity index (χ1n) is 10.2. The molecule has 12 nitrogen and oxygen atoms in total. The molecule has 35 heavy (non-hydrogen) atoms. The lowest BCUT2D eigenvalue weighted by Crippen LogP contribution is -2.29. The average Bonchev–Trinajstić information content (AvgIpc) is 3.22. The fourth-order valence-corrected chi connectivity index (χ4v) is 3.44. The van der Waals surface area contributed by atoms with Crippen molar-refractivity contribution in [1.29, 1.82) is 0 Å². The molecule has 0 radical (unpaired) electrons. The molecule has 0 fully saturated rings. The Hall–Kier alpha value is -4.81. The van der Waals surface area contributed by atoms with E-state index >= 15 is 0 Å². The Balaban J connectivity index is 1.87. The summed E-state index contributed by atoms with van der Waals surface area (Å²) in [6.07, 6.45) is -0.0190. The topological polar surface area (TPSA) is 150 Å². The Bertz CT molecular complexity index is 1420. The Morgan fingerprint density at radius 1 is 1.14 bits per heavy atom. The van der Waals surface area contributed by atoms with E-state index < -0.39 is 12.2 Å². The first-order valence-corrected chi connectivity index (χ1v) is 10.2. The summed E-state index contributed by atoms with van der Waals surface area (Å²) >= 11 is 0. The zero-order valence-corrected chi connectivity index (χ0v) is 19.0. The van der Waals surface area contributed by atoms with E-state index in [0.29, 0.717) is 16.6 Å². The van der Waals surface area contributed by atoms with Crippen LogP contribution in [0.5, 0.6) is 0 Å². The van der Waals surface area contributed by atoms with Crippen LogP contribution in [0.25, 0.3) is 22.6 Å². The van der Waals surface area contributed by atoms with Crippen LogP contribution in [0, 0.1) is 5.82 Å². The number of anilines is 3. The lowest BCUT2D eigenvalue weighted by molar-refractivity contribution is 0.180. The molecule has 0 aliphatic rings. The highest BCUT2D eigenvalue weighted by molar-refractivity contribution is 5.99. The van der Waals surface area contributed by atoms with Crippen LogP contribution in [0.1, 0.15) is 5.56 Å². The number of hydrogen-bond donors (Lipinski definition) is 2. The summed E-state index contributed by atoms with van der Waals surface area (Å²) in [5.74, 6) is -0.571. The van der Waals surface area contributed by atoms with Crippen LogP contribution in [0.4, 0.5) is 31.3 Å². The maximum Gasteiger partial charge on any atom is 0.413 e. The summed E-state index contributed by atoms with van der Waals surface area (Å²) in [6.45, 7) is 0.103. The van der Waals surface area contributed by atoms with Gasteiger partial charge in [0.1, 0.15) is 17.2 Å². The first-order chi connectivity index (χ1) is 16.8. The molecular formula is C22H21FN8O4. The molecule has 4 rings (SSSR count). The molecule has 180 valence electrons. The van der Waals surface area contributed by atoms with Crippen molar-refractivity contribution < 1.29 is 23.5 Å². The Kier molecular flexibility index (Phi) is 6.40. The number of fused-ring (bicyclic) bond motifs is 1. The van der Waals surface area contributed by atoms with Gasteiger partial charge in [-0.25, -0.2) is 33.6 Å². The molecule has 0 saturated heterocycles. The zero-order chi connectivity index (χ0) is 25.1. The number of ether oxygens (including phenoxy) is 2. The number of nitrogens with one attached hydrogen (secondary N) is 1. The number of aromatic nitrogens is 5. The van der Waals surface area contributed by atoms with Gasteiger partial charge in [-0.3, -0.25) is 10.2 Å². The molecule has 13 heteroatoms. The lowest BCUT2D eigenvalue weighted by Gasteiger charge is -2.20. The maximum absolute atomic E-state index is 14.3. The fourth-order valence-electron chi connectivity index (χ4n) is 3.44. The van der Waals surface area contributed by atoms with Gasteiger partial charge in [0.25, 0.3) is 0 Å². The van der Waals surface area contributed by atoms with Crippen LogP contribution in [0.3, 0.4) is 0 Å². The summed E-state index contributed by atoms with van der Waals surface area (Å²) in [4.78, 5) is 38.2. The van der Waals surface area contributed by atoms with Crippen LogP contribution in [0.2, 0.25) is 0 Å². The summed E-state index contributed by atoms with van der Waals surface area (Å²) < 4.78 is 25.2. The molecule has 1 aromatic carbocycles. The molecular weight excluding hydrogens is 459 g/mol. The third-order valence-corrected chi connectivity index (χ3v) is 5.10. The number of amides is 2. The van der Waals surface area contributed by atoms with E-state index in [1.165, 1.54) is 32.0 Å². The van der Waals surface area contributed by atoms with E-state index in [4.69, 9.17) is 10.5 Å². The molecule has 0 aliphatic carbocycles. The Labute approximate surface area is 198 Å². The molecule has 0 bridgehead atoms. The number of rotatable bonds is 5. The zero-order valence-electron chi connectivity index (χ0n) is 19.0. The van der Waals surface area contributed by atoms with Crippen molar-refractivity contribution in [2.45, 2.75) is 6.54 Å². The summed E-state index contributed by atoms with van der Waals surface area (Å²) in [6, 6.07) is 9.80. The smallest absolute Gasteiger partial charge is 0.413 e. The van der Waals surface area contributed by atoms with Crippen molar-refractivity contribution in [2.75, 3.05) is 37.2 Å². The quantitative estimate of drug-likeness (QED) is 0.439. The predicted molar refractivity (Wildman–Crippen MR) is 125 cm³/mol. The molecule has 3 aromatic heterocycles. The average molecular weight is 480 g/mol. The highest BCUT2D eigenvalue weighted by atomic mass is 19.1. The minimum Gasteiger partial charge on any atom is -0.453 e. The lowest BCUT2D eigenvalue weighted by atomic mass is 10.2. The Morgan fingerprint density at radius 2 is 1.91 bits per heavy atom. The van der Waals surface area contributed by atoms with Gasteiger partial charge in [0.15, 0.2) is 23.1 Å². The van der Waals surface area contributed by atoms with Crippen LogP contribution in [-0.2, 0) is 16.0 Å². The molecule has 2 amide bonds. The monoisotopic (exact) mass is 480 g/mol. The molecule has 0 spiro atoms. The summed E-state index contributed by atoms with van der Waals surface area (Å²) in [5, 5.41) is 7.56. The number of nitrogens with two attached hydrogens (primary N) is 1. The molecule has 4 aromatic rings. The number of halogens is 1. The van der Waals surface area contributed by atoms with Crippen molar-refractivity contribution in [3.63, 3.8) is 0 Å². The number of nitrogen functional groups attached to an aromatic ring is 1. The second kappa shape index (κ2) is 9.59. The number of methoxy groups -OCH3 is 2. The van der Waals surface area contributed by atoms with E-state index in [2.05, 4.69) is 30.1 Å². The Morgan fingerprint density at radius 3 is 2.63 bits per heavy atom. The highest BCUT2D eigenvalue weighted by Crippen LogP contribution is 2.34. The van der Waals surface area contributed by atoms with E-state index in [1.54, 1.807) is 36.5 Å². The largest absolute Gasteiger partial charge is 0.453 e. The summed E-state index contributed by atoms with van der Waals surface area (Å²) in [7, 11) is 3.75. The van der Waals surface area contributed by atoms with Crippen molar-refractivity contribution in [3.8, 4) is 11.5 Å². The van der Waals surface area contributed by atoms with Gasteiger partial charge in [0, 0.05) is 18.8 Å². The molecule has 0 unspecified atom stereocenters. The van der Waals surface area contributed by atoms with Crippen LogP contribution >= 0.6 is 0 Å². The number of nitrogens with zero attached hydrogens (tertiary/aromatic N) is 6. The normalized spacial score (nSPS) is 10.7. The third-order valence-electron chi connectivity index (χ3n) is 5.10. The van der Waals surface area contributed by atoms with Gasteiger partial charge in [0.05, 0.1) is 26.2 Å². The molecule has 0 saturated carbocycles. The number of carbonyl (C=O) groups is 2. The van der Waals surface area contributed by atoms with Crippen LogP contribution in [0.15, 0.2) is 42.6 Å². The molecule has 3 heterocycles. The van der Waals surface area contributed by atoms with Gasteiger partial charge in [-0.05, 0) is 18.2 Å². The number of benzene rings is 1. The second-order valence-corrected chi connectivity index (χ2v) is 7.25. The van der Waals surface area contributed by atoms with Crippen molar-refractivity contribution in [1.82, 2.24) is 24.7 Å². The van der Waals surface area contributed by atoms with E-state index in [9.17, 15) is 14.0 Å². The molecule has 3 N–H and O–H groups in total. The highest BCUT2D eigenvalue weighted by Gasteiger charge is 2.25. The van der Waals surface area contributed by atoms with Crippen LogP contribution < -0.4 is 16.0 Å². The van der Waals surface area contributed by atoms with Crippen LogP contribution in [-0.4, -0.2) is 58.2 Å². The SMILES string of the molecule is COC(=O)Nc1nc(-c2nn(Cc3ccccc3F)c3ncccc23)nc(N)c1N(C)C(=O)OC. The minimum atomic E-state index is -0.842. The molecule has 0 aliphatic heterocycles. The number of carbonyl (C=O) groups excluding carboxylic acids is 2. The van der Waals surface area contributed by atoms with Gasteiger partial charge in [-0.2, -0.15) is 5.10 Å². The van der Waals surface area contributed by atoms with E-state index in [1.807, 2.05) is 0 Å². The van der Waals surface area contributed by atoms with Crippen molar-refractivity contribution >= 4 is 40.5 Å². The van der Waals surface area contributed by atoms with E-state index in [0.717, 1.165) is 4.90 Å². The van der Waals surface area contributed by atoms with Gasteiger partial charge in [0.2, 0.25) is 0 Å². The molecule has 0 atom stereocenters. The minimum absolute atomic E-state index is 0.000722. The first kappa shape index (κ1) is 23.4. The second-order valence-electron chi connectivity index (χ2n) is 7.25. The van der Waals surface area contributed by atoms with E-state index in [-0.39, 0.29) is 41.2 Å². The third kappa shape index (κ3) is 4.51. The fraction of sp³-hybridized carbons (Fsp3) is 0.182. The number of hydrogen-bond acceptors (Lipinski definition) is 9. The number of pyridine rings is 1. The van der Waals surface area contributed by atoms with Gasteiger partial charge in [-0.1, -0.05) is 18.2 Å².